The van der Waals surface area contributed by atoms with Gasteiger partial charge in [-0.25, -0.2) is 4.68 Å². The lowest BCUT2D eigenvalue weighted by Gasteiger charge is -2.22. The van der Waals surface area contributed by atoms with Gasteiger partial charge < -0.3 is 19.7 Å². The molecule has 0 bridgehead atoms. The van der Waals surface area contributed by atoms with E-state index in [0.29, 0.717) is 6.54 Å². The van der Waals surface area contributed by atoms with Gasteiger partial charge in [0.1, 0.15) is 11.5 Å². The van der Waals surface area contributed by atoms with E-state index in [2.05, 4.69) is 32.4 Å². The van der Waals surface area contributed by atoms with E-state index in [1.54, 1.807) is 21.3 Å². The average molecular weight is 393 g/mol. The molecular weight excluding hydrogens is 366 g/mol. The maximum atomic E-state index is 5.21. The van der Waals surface area contributed by atoms with E-state index in [1.807, 2.05) is 60.4 Å². The highest BCUT2D eigenvalue weighted by atomic mass is 16.5. The summed E-state index contributed by atoms with van der Waals surface area (Å²) in [7, 11) is 7.12. The number of nitrogens with one attached hydrogen (secondary N) is 1. The van der Waals surface area contributed by atoms with Crippen molar-refractivity contribution in [3.63, 3.8) is 0 Å². The van der Waals surface area contributed by atoms with Gasteiger partial charge in [0, 0.05) is 26.8 Å². The molecule has 3 aromatic rings. The van der Waals surface area contributed by atoms with Crippen LogP contribution in [0.15, 0.2) is 65.8 Å². The van der Waals surface area contributed by atoms with Crippen LogP contribution in [0.5, 0.6) is 11.5 Å². The summed E-state index contributed by atoms with van der Waals surface area (Å²) in [5, 5.41) is 8.00. The molecule has 1 heterocycles. The molecule has 0 saturated heterocycles. The Morgan fingerprint density at radius 1 is 1.00 bits per heavy atom. The standard InChI is InChI=1S/C22H27N5O2/c1-23-22(26(2)16-17-5-9-20(28-3)10-6-17)24-15-18-13-14-27(25-18)19-7-11-21(29-4)12-8-19/h5-14H,15-16H2,1-4H3,(H,23,24). The molecule has 0 aliphatic heterocycles. The summed E-state index contributed by atoms with van der Waals surface area (Å²) in [6.45, 7) is 1.33. The number of aliphatic imine (C=N–C) groups is 1. The second-order valence-electron chi connectivity index (χ2n) is 6.55. The molecule has 2 aromatic carbocycles. The molecule has 0 unspecified atom stereocenters. The van der Waals surface area contributed by atoms with Crippen LogP contribution in [0.4, 0.5) is 0 Å². The molecule has 0 spiro atoms. The summed E-state index contributed by atoms with van der Waals surface area (Å²) >= 11 is 0. The van der Waals surface area contributed by atoms with Gasteiger partial charge in [-0.15, -0.1) is 0 Å². The van der Waals surface area contributed by atoms with Crippen molar-refractivity contribution in [3.8, 4) is 17.2 Å². The van der Waals surface area contributed by atoms with E-state index in [0.717, 1.165) is 35.4 Å². The van der Waals surface area contributed by atoms with Crippen LogP contribution in [0.1, 0.15) is 11.3 Å². The van der Waals surface area contributed by atoms with Crippen molar-refractivity contribution in [2.75, 3.05) is 28.3 Å². The van der Waals surface area contributed by atoms with Crippen molar-refractivity contribution >= 4 is 5.96 Å². The van der Waals surface area contributed by atoms with Crippen molar-refractivity contribution in [2.24, 2.45) is 4.99 Å². The number of hydrogen-bond donors (Lipinski definition) is 1. The van der Waals surface area contributed by atoms with Gasteiger partial charge in [-0.2, -0.15) is 5.10 Å². The number of benzene rings is 2. The fraction of sp³-hybridized carbons (Fsp3) is 0.273. The molecule has 0 aliphatic carbocycles. The van der Waals surface area contributed by atoms with Crippen molar-refractivity contribution < 1.29 is 9.47 Å². The topological polar surface area (TPSA) is 63.9 Å². The smallest absolute Gasteiger partial charge is 0.194 e. The third-order valence-corrected chi connectivity index (χ3v) is 4.56. The van der Waals surface area contributed by atoms with Gasteiger partial charge in [0.2, 0.25) is 0 Å². The molecule has 0 saturated carbocycles. The van der Waals surface area contributed by atoms with E-state index in [9.17, 15) is 0 Å². The number of nitrogens with zero attached hydrogens (tertiary/aromatic N) is 4. The van der Waals surface area contributed by atoms with Crippen molar-refractivity contribution in [2.45, 2.75) is 13.1 Å². The van der Waals surface area contributed by atoms with Crippen LogP contribution in [0.2, 0.25) is 0 Å². The van der Waals surface area contributed by atoms with Crippen LogP contribution in [0, 0.1) is 0 Å². The molecule has 7 nitrogen and oxygen atoms in total. The Morgan fingerprint density at radius 2 is 1.62 bits per heavy atom. The Labute approximate surface area is 171 Å². The van der Waals surface area contributed by atoms with Gasteiger partial charge in [0.15, 0.2) is 5.96 Å². The van der Waals surface area contributed by atoms with Crippen molar-refractivity contribution in [1.82, 2.24) is 20.0 Å². The summed E-state index contributed by atoms with van der Waals surface area (Å²) in [6, 6.07) is 17.8. The molecule has 152 valence electrons. The Kier molecular flexibility index (Phi) is 6.73. The highest BCUT2D eigenvalue weighted by Gasteiger charge is 2.08. The Hall–Kier alpha value is -3.48. The van der Waals surface area contributed by atoms with Crippen LogP contribution >= 0.6 is 0 Å². The Bertz CT molecular complexity index is 933. The van der Waals surface area contributed by atoms with E-state index >= 15 is 0 Å². The highest BCUT2D eigenvalue weighted by molar-refractivity contribution is 5.79. The third-order valence-electron chi connectivity index (χ3n) is 4.56. The molecule has 29 heavy (non-hydrogen) atoms. The summed E-state index contributed by atoms with van der Waals surface area (Å²) in [4.78, 5) is 6.45. The zero-order chi connectivity index (χ0) is 20.6. The minimum absolute atomic E-state index is 0.586. The molecule has 1 N–H and O–H groups in total. The molecule has 0 fully saturated rings. The Morgan fingerprint density at radius 3 is 2.21 bits per heavy atom. The second kappa shape index (κ2) is 9.64. The maximum absolute atomic E-state index is 5.21. The minimum Gasteiger partial charge on any atom is -0.497 e. The first-order valence-electron chi connectivity index (χ1n) is 9.36. The molecule has 1 aromatic heterocycles. The van der Waals surface area contributed by atoms with E-state index in [4.69, 9.17) is 9.47 Å². The Balaban J connectivity index is 1.57. The first kappa shape index (κ1) is 20.3. The summed E-state index contributed by atoms with van der Waals surface area (Å²) in [5.74, 6) is 2.48. The van der Waals surface area contributed by atoms with Gasteiger partial charge in [0.25, 0.3) is 0 Å². The van der Waals surface area contributed by atoms with E-state index < -0.39 is 0 Å². The zero-order valence-electron chi connectivity index (χ0n) is 17.3. The third kappa shape index (κ3) is 5.28. The lowest BCUT2D eigenvalue weighted by atomic mass is 10.2. The van der Waals surface area contributed by atoms with E-state index in [1.165, 1.54) is 5.56 Å². The lowest BCUT2D eigenvalue weighted by Crippen LogP contribution is -2.38. The van der Waals surface area contributed by atoms with E-state index in [-0.39, 0.29) is 0 Å². The van der Waals surface area contributed by atoms with Crippen LogP contribution < -0.4 is 14.8 Å². The van der Waals surface area contributed by atoms with Gasteiger partial charge in [0.05, 0.1) is 32.1 Å². The fourth-order valence-electron chi connectivity index (χ4n) is 2.97. The van der Waals surface area contributed by atoms with Crippen LogP contribution in [0.3, 0.4) is 0 Å². The fourth-order valence-corrected chi connectivity index (χ4v) is 2.97. The average Bonchev–Trinajstić information content (AvgIpc) is 3.24. The molecule has 0 atom stereocenters. The SMILES string of the molecule is CN=C(NCc1ccn(-c2ccc(OC)cc2)n1)N(C)Cc1ccc(OC)cc1. The van der Waals surface area contributed by atoms with Crippen LogP contribution in [-0.2, 0) is 13.1 Å². The predicted octanol–water partition coefficient (Wildman–Crippen LogP) is 3.10. The van der Waals surface area contributed by atoms with Crippen molar-refractivity contribution in [1.29, 1.82) is 0 Å². The quantitative estimate of drug-likeness (QED) is 0.494. The maximum Gasteiger partial charge on any atom is 0.194 e. The number of methoxy groups -OCH3 is 2. The number of hydrogen-bond acceptors (Lipinski definition) is 4. The second-order valence-corrected chi connectivity index (χ2v) is 6.55. The zero-order valence-corrected chi connectivity index (χ0v) is 17.3. The van der Waals surface area contributed by atoms with Gasteiger partial charge >= 0.3 is 0 Å². The molecule has 3 rings (SSSR count). The first-order chi connectivity index (χ1) is 14.1. The van der Waals surface area contributed by atoms with Crippen molar-refractivity contribution in [3.05, 3.63) is 72.1 Å². The normalized spacial score (nSPS) is 11.2. The van der Waals surface area contributed by atoms with Gasteiger partial charge in [-0.3, -0.25) is 4.99 Å². The summed E-state index contributed by atoms with van der Waals surface area (Å²) in [6.07, 6.45) is 1.95. The number of guanidine groups is 1. The number of ether oxygens (including phenoxy) is 2. The number of rotatable bonds is 7. The molecule has 0 amide bonds. The lowest BCUT2D eigenvalue weighted by molar-refractivity contribution is 0.414. The summed E-state index contributed by atoms with van der Waals surface area (Å²) in [5.41, 5.74) is 3.10. The van der Waals surface area contributed by atoms with Crippen LogP contribution in [0.25, 0.3) is 5.69 Å². The van der Waals surface area contributed by atoms with Gasteiger partial charge in [-0.1, -0.05) is 12.1 Å². The van der Waals surface area contributed by atoms with Crippen LogP contribution in [-0.4, -0.2) is 49.0 Å². The first-order valence-corrected chi connectivity index (χ1v) is 9.36. The summed E-state index contributed by atoms with van der Waals surface area (Å²) < 4.78 is 12.3. The minimum atomic E-state index is 0.586. The number of aromatic nitrogens is 2. The molecule has 0 aliphatic rings. The van der Waals surface area contributed by atoms with Gasteiger partial charge in [-0.05, 0) is 48.0 Å². The largest absolute Gasteiger partial charge is 0.497 e. The monoisotopic (exact) mass is 393 g/mol. The predicted molar refractivity (Wildman–Crippen MR) is 115 cm³/mol. The molecule has 7 heteroatoms. The molecular formula is C22H27N5O2. The highest BCUT2D eigenvalue weighted by Crippen LogP contribution is 2.15. The molecule has 0 radical (unpaired) electrons.